The van der Waals surface area contributed by atoms with Crippen LogP contribution >= 0.6 is 0 Å². The number of hydrogen-bond acceptors (Lipinski definition) is 4. The predicted molar refractivity (Wildman–Crippen MR) is 76.6 cm³/mol. The van der Waals surface area contributed by atoms with Crippen molar-refractivity contribution in [2.45, 2.75) is 59.3 Å². The third-order valence-electron chi connectivity index (χ3n) is 4.39. The van der Waals surface area contributed by atoms with Crippen molar-refractivity contribution in [2.75, 3.05) is 6.61 Å². The molecule has 0 aliphatic heterocycles. The van der Waals surface area contributed by atoms with E-state index in [1.807, 2.05) is 0 Å². The van der Waals surface area contributed by atoms with Crippen LogP contribution < -0.4 is 0 Å². The molecule has 1 fully saturated rings. The summed E-state index contributed by atoms with van der Waals surface area (Å²) in [5, 5.41) is 0. The maximum absolute atomic E-state index is 11.8. The Morgan fingerprint density at radius 3 is 2.55 bits per heavy atom. The summed E-state index contributed by atoms with van der Waals surface area (Å²) < 4.78 is 10.5. The molecule has 1 heterocycles. The maximum atomic E-state index is 11.8. The molecule has 0 saturated heterocycles. The SMILES string of the molecule is CCOC(=O)c1ncoc1C1CCC(C(C)(C)C)CC1. The van der Waals surface area contributed by atoms with E-state index in [2.05, 4.69) is 25.8 Å². The van der Waals surface area contributed by atoms with Gasteiger partial charge in [0.1, 0.15) is 5.76 Å². The van der Waals surface area contributed by atoms with Crippen molar-refractivity contribution >= 4 is 5.97 Å². The third kappa shape index (κ3) is 3.22. The quantitative estimate of drug-likeness (QED) is 0.779. The molecule has 2 rings (SSSR count). The Morgan fingerprint density at radius 1 is 1.35 bits per heavy atom. The summed E-state index contributed by atoms with van der Waals surface area (Å²) >= 11 is 0. The second-order valence-corrected chi connectivity index (χ2v) is 6.70. The molecule has 0 bridgehead atoms. The topological polar surface area (TPSA) is 52.3 Å². The van der Waals surface area contributed by atoms with Crippen molar-refractivity contribution in [3.05, 3.63) is 17.8 Å². The van der Waals surface area contributed by atoms with Crippen LogP contribution in [0.3, 0.4) is 0 Å². The molecule has 0 unspecified atom stereocenters. The number of aromatic nitrogens is 1. The number of hydrogen-bond donors (Lipinski definition) is 0. The van der Waals surface area contributed by atoms with Gasteiger partial charge in [0.25, 0.3) is 0 Å². The normalized spacial score (nSPS) is 23.6. The van der Waals surface area contributed by atoms with Crippen molar-refractivity contribution in [1.82, 2.24) is 4.98 Å². The van der Waals surface area contributed by atoms with E-state index >= 15 is 0 Å². The van der Waals surface area contributed by atoms with Gasteiger partial charge in [0.15, 0.2) is 12.1 Å². The molecule has 0 aromatic carbocycles. The Hall–Kier alpha value is -1.32. The molecule has 1 aliphatic rings. The van der Waals surface area contributed by atoms with Crippen molar-refractivity contribution in [3.63, 3.8) is 0 Å². The zero-order chi connectivity index (χ0) is 14.8. The fourth-order valence-corrected chi connectivity index (χ4v) is 3.12. The van der Waals surface area contributed by atoms with Crippen LogP contribution in [-0.4, -0.2) is 17.6 Å². The molecule has 4 nitrogen and oxygen atoms in total. The van der Waals surface area contributed by atoms with Crippen molar-refractivity contribution in [2.24, 2.45) is 11.3 Å². The van der Waals surface area contributed by atoms with E-state index in [4.69, 9.17) is 9.15 Å². The van der Waals surface area contributed by atoms with Gasteiger partial charge in [0, 0.05) is 5.92 Å². The lowest BCUT2D eigenvalue weighted by atomic mass is 9.69. The molecule has 0 spiro atoms. The number of carbonyl (C=O) groups excluding carboxylic acids is 1. The van der Waals surface area contributed by atoms with Crippen LogP contribution in [0.2, 0.25) is 0 Å². The fourth-order valence-electron chi connectivity index (χ4n) is 3.12. The van der Waals surface area contributed by atoms with Crippen LogP contribution in [0, 0.1) is 11.3 Å². The van der Waals surface area contributed by atoms with Crippen LogP contribution in [0.1, 0.15) is 75.5 Å². The van der Waals surface area contributed by atoms with Gasteiger partial charge in [0.05, 0.1) is 6.61 Å². The first-order valence-corrected chi connectivity index (χ1v) is 7.54. The molecular weight excluding hydrogens is 254 g/mol. The first-order valence-electron chi connectivity index (χ1n) is 7.54. The molecule has 4 heteroatoms. The number of nitrogens with zero attached hydrogens (tertiary/aromatic N) is 1. The molecule has 0 radical (unpaired) electrons. The first kappa shape index (κ1) is 15.1. The van der Waals surface area contributed by atoms with Crippen LogP contribution in [0.5, 0.6) is 0 Å². The lowest BCUT2D eigenvalue weighted by Crippen LogP contribution is -2.25. The highest BCUT2D eigenvalue weighted by Gasteiger charge is 2.33. The highest BCUT2D eigenvalue weighted by molar-refractivity contribution is 5.88. The predicted octanol–water partition coefficient (Wildman–Crippen LogP) is 4.17. The summed E-state index contributed by atoms with van der Waals surface area (Å²) in [6.45, 7) is 9.07. The van der Waals surface area contributed by atoms with E-state index in [9.17, 15) is 4.79 Å². The Labute approximate surface area is 120 Å². The number of ether oxygens (including phenoxy) is 1. The van der Waals surface area contributed by atoms with Gasteiger partial charge in [-0.25, -0.2) is 9.78 Å². The van der Waals surface area contributed by atoms with Crippen LogP contribution in [0.25, 0.3) is 0 Å². The maximum Gasteiger partial charge on any atom is 0.360 e. The minimum atomic E-state index is -0.366. The Morgan fingerprint density at radius 2 is 2.00 bits per heavy atom. The third-order valence-corrected chi connectivity index (χ3v) is 4.39. The van der Waals surface area contributed by atoms with E-state index in [0.29, 0.717) is 23.6 Å². The highest BCUT2D eigenvalue weighted by Crippen LogP contribution is 2.43. The molecule has 1 saturated carbocycles. The van der Waals surface area contributed by atoms with E-state index < -0.39 is 0 Å². The van der Waals surface area contributed by atoms with Gasteiger partial charge < -0.3 is 9.15 Å². The zero-order valence-corrected chi connectivity index (χ0v) is 12.9. The van der Waals surface area contributed by atoms with Crippen LogP contribution in [0.4, 0.5) is 0 Å². The smallest absolute Gasteiger partial charge is 0.360 e. The Balaban J connectivity index is 2.04. The standard InChI is InChI=1S/C16H25NO3/c1-5-19-15(18)13-14(20-10-17-13)11-6-8-12(9-7-11)16(2,3)4/h10-12H,5-9H2,1-4H3. The van der Waals surface area contributed by atoms with Gasteiger partial charge in [-0.05, 0) is 43.9 Å². The fraction of sp³-hybridized carbons (Fsp3) is 0.750. The van der Waals surface area contributed by atoms with E-state index in [-0.39, 0.29) is 5.97 Å². The number of carbonyl (C=O) groups is 1. The lowest BCUT2D eigenvalue weighted by molar-refractivity contribution is 0.0515. The average Bonchev–Trinajstić information content (AvgIpc) is 2.87. The van der Waals surface area contributed by atoms with Crippen LogP contribution in [0.15, 0.2) is 10.8 Å². The van der Waals surface area contributed by atoms with Crippen molar-refractivity contribution in [3.8, 4) is 0 Å². The first-order chi connectivity index (χ1) is 9.43. The van der Waals surface area contributed by atoms with Gasteiger partial charge in [-0.3, -0.25) is 0 Å². The largest absolute Gasteiger partial charge is 0.461 e. The average molecular weight is 279 g/mol. The minimum Gasteiger partial charge on any atom is -0.461 e. The van der Waals surface area contributed by atoms with Crippen molar-refractivity contribution in [1.29, 1.82) is 0 Å². The van der Waals surface area contributed by atoms with Gasteiger partial charge in [-0.1, -0.05) is 20.8 Å². The van der Waals surface area contributed by atoms with E-state index in [0.717, 1.165) is 24.5 Å². The van der Waals surface area contributed by atoms with E-state index in [1.165, 1.54) is 19.2 Å². The highest BCUT2D eigenvalue weighted by atomic mass is 16.5. The summed E-state index contributed by atoms with van der Waals surface area (Å²) in [5.41, 5.74) is 0.724. The van der Waals surface area contributed by atoms with E-state index in [1.54, 1.807) is 6.92 Å². The molecule has 1 aromatic heterocycles. The second kappa shape index (κ2) is 5.98. The molecule has 112 valence electrons. The number of oxazole rings is 1. The Bertz CT molecular complexity index is 451. The zero-order valence-electron chi connectivity index (χ0n) is 12.9. The van der Waals surface area contributed by atoms with Gasteiger partial charge in [-0.15, -0.1) is 0 Å². The van der Waals surface area contributed by atoms with Gasteiger partial charge >= 0.3 is 5.97 Å². The van der Waals surface area contributed by atoms with Gasteiger partial charge in [0.2, 0.25) is 0 Å². The summed E-state index contributed by atoms with van der Waals surface area (Å²) in [4.78, 5) is 15.9. The summed E-state index contributed by atoms with van der Waals surface area (Å²) in [7, 11) is 0. The van der Waals surface area contributed by atoms with Crippen molar-refractivity contribution < 1.29 is 13.9 Å². The van der Waals surface area contributed by atoms with Gasteiger partial charge in [-0.2, -0.15) is 0 Å². The lowest BCUT2D eigenvalue weighted by Gasteiger charge is -2.36. The molecule has 0 amide bonds. The summed E-state index contributed by atoms with van der Waals surface area (Å²) in [6.07, 6.45) is 5.83. The monoisotopic (exact) mass is 279 g/mol. The molecule has 1 aromatic rings. The number of rotatable bonds is 3. The molecule has 0 N–H and O–H groups in total. The minimum absolute atomic E-state index is 0.301. The summed E-state index contributed by atoms with van der Waals surface area (Å²) in [6, 6.07) is 0. The second-order valence-electron chi connectivity index (χ2n) is 6.70. The molecule has 20 heavy (non-hydrogen) atoms. The Kier molecular flexibility index (Phi) is 4.51. The molecular formula is C16H25NO3. The molecule has 1 aliphatic carbocycles. The van der Waals surface area contributed by atoms with Crippen LogP contribution in [-0.2, 0) is 4.74 Å². The molecule has 0 atom stereocenters. The number of esters is 1. The summed E-state index contributed by atoms with van der Waals surface area (Å²) in [5.74, 6) is 1.40.